The molecule has 0 bridgehead atoms. The predicted molar refractivity (Wildman–Crippen MR) is 71.2 cm³/mol. The second kappa shape index (κ2) is 6.03. The van der Waals surface area contributed by atoms with Gasteiger partial charge in [0.05, 0.1) is 12.2 Å². The van der Waals surface area contributed by atoms with Crippen molar-refractivity contribution in [2.45, 2.75) is 45.4 Å². The minimum absolute atomic E-state index is 0.0769. The molecule has 0 aliphatic rings. The lowest BCUT2D eigenvalue weighted by atomic mass is 9.99. The summed E-state index contributed by atoms with van der Waals surface area (Å²) in [4.78, 5) is 0. The first-order chi connectivity index (χ1) is 7.96. The zero-order chi connectivity index (χ0) is 12.9. The van der Waals surface area contributed by atoms with Crippen LogP contribution in [0.25, 0.3) is 0 Å². The number of hydrogen-bond donors (Lipinski definition) is 2. The van der Waals surface area contributed by atoms with Gasteiger partial charge in [-0.1, -0.05) is 12.1 Å². The van der Waals surface area contributed by atoms with Crippen LogP contribution in [0.5, 0.6) is 0 Å². The van der Waals surface area contributed by atoms with Gasteiger partial charge >= 0.3 is 0 Å². The van der Waals surface area contributed by atoms with Crippen molar-refractivity contribution in [1.29, 1.82) is 0 Å². The summed E-state index contributed by atoms with van der Waals surface area (Å²) in [5.74, 6) is 0. The maximum atomic E-state index is 9.07. The highest BCUT2D eigenvalue weighted by Crippen LogP contribution is 2.19. The fourth-order valence-electron chi connectivity index (χ4n) is 1.92. The van der Waals surface area contributed by atoms with Gasteiger partial charge in [-0.15, -0.1) is 0 Å². The Morgan fingerprint density at radius 1 is 1.41 bits per heavy atom. The first-order valence-corrected chi connectivity index (χ1v) is 5.98. The summed E-state index contributed by atoms with van der Waals surface area (Å²) in [6, 6.07) is 8.15. The highest BCUT2D eigenvalue weighted by molar-refractivity contribution is 5.46. The number of rotatable bonds is 6. The number of aliphatic hydroxyl groups is 1. The van der Waals surface area contributed by atoms with Gasteiger partial charge in [0.25, 0.3) is 0 Å². The van der Waals surface area contributed by atoms with Crippen LogP contribution < -0.4 is 5.32 Å². The van der Waals surface area contributed by atoms with E-state index in [-0.39, 0.29) is 12.2 Å². The molecule has 0 spiro atoms. The van der Waals surface area contributed by atoms with Gasteiger partial charge in [0.1, 0.15) is 0 Å². The van der Waals surface area contributed by atoms with Crippen LogP contribution in [0.3, 0.4) is 0 Å². The standard InChI is InChI=1S/C14H23NO2/c1-11(9-14(2,3)17-4)15-13-7-5-6-12(8-13)10-16/h5-8,11,15-16H,9-10H2,1-4H3. The van der Waals surface area contributed by atoms with Crippen LogP contribution in [0, 0.1) is 0 Å². The molecule has 1 aromatic rings. The summed E-state index contributed by atoms with van der Waals surface area (Å²) in [6.07, 6.45) is 0.923. The van der Waals surface area contributed by atoms with Crippen molar-refractivity contribution in [3.63, 3.8) is 0 Å². The molecule has 1 unspecified atom stereocenters. The maximum Gasteiger partial charge on any atom is 0.0682 e. The molecule has 3 nitrogen and oxygen atoms in total. The van der Waals surface area contributed by atoms with Crippen LogP contribution in [-0.4, -0.2) is 23.9 Å². The van der Waals surface area contributed by atoms with Crippen LogP contribution in [-0.2, 0) is 11.3 Å². The summed E-state index contributed by atoms with van der Waals surface area (Å²) in [5.41, 5.74) is 1.84. The molecule has 0 saturated heterocycles. The van der Waals surface area contributed by atoms with E-state index in [1.165, 1.54) is 0 Å². The van der Waals surface area contributed by atoms with Crippen LogP contribution in [0.2, 0.25) is 0 Å². The topological polar surface area (TPSA) is 41.5 Å². The van der Waals surface area contributed by atoms with Gasteiger partial charge in [-0.25, -0.2) is 0 Å². The summed E-state index contributed by atoms with van der Waals surface area (Å²) in [6.45, 7) is 6.37. The molecule has 17 heavy (non-hydrogen) atoms. The third-order valence-electron chi connectivity index (χ3n) is 2.87. The number of anilines is 1. The van der Waals surface area contributed by atoms with Crippen LogP contribution in [0.1, 0.15) is 32.8 Å². The van der Waals surface area contributed by atoms with Crippen LogP contribution in [0.15, 0.2) is 24.3 Å². The minimum atomic E-state index is -0.124. The predicted octanol–water partition coefficient (Wildman–Crippen LogP) is 2.79. The third-order valence-corrected chi connectivity index (χ3v) is 2.87. The normalized spacial score (nSPS) is 13.5. The molecule has 0 aliphatic heterocycles. The molecule has 3 heteroatoms. The maximum absolute atomic E-state index is 9.07. The van der Waals surface area contributed by atoms with Gasteiger partial charge in [0.15, 0.2) is 0 Å². The average molecular weight is 237 g/mol. The molecular formula is C14H23NO2. The molecule has 1 aromatic carbocycles. The monoisotopic (exact) mass is 237 g/mol. The molecule has 0 aliphatic carbocycles. The van der Waals surface area contributed by atoms with Crippen molar-refractivity contribution in [2.24, 2.45) is 0 Å². The van der Waals surface area contributed by atoms with E-state index < -0.39 is 0 Å². The minimum Gasteiger partial charge on any atom is -0.392 e. The quantitative estimate of drug-likeness (QED) is 0.799. The molecule has 0 fully saturated rings. The summed E-state index contributed by atoms with van der Waals surface area (Å²) >= 11 is 0. The summed E-state index contributed by atoms with van der Waals surface area (Å²) in [5, 5.41) is 12.5. The molecule has 0 saturated carbocycles. The Hall–Kier alpha value is -1.06. The van der Waals surface area contributed by atoms with Crippen molar-refractivity contribution in [3.8, 4) is 0 Å². The third kappa shape index (κ3) is 4.75. The molecule has 0 heterocycles. The molecule has 1 atom stereocenters. The van der Waals surface area contributed by atoms with E-state index >= 15 is 0 Å². The first kappa shape index (κ1) is 14.0. The fraction of sp³-hybridized carbons (Fsp3) is 0.571. The smallest absolute Gasteiger partial charge is 0.0682 e. The zero-order valence-corrected chi connectivity index (χ0v) is 11.2. The van der Waals surface area contributed by atoms with Gasteiger partial charge in [-0.2, -0.15) is 0 Å². The van der Waals surface area contributed by atoms with Crippen molar-refractivity contribution in [3.05, 3.63) is 29.8 Å². The Bertz CT molecular complexity index is 350. The second-order valence-electron chi connectivity index (χ2n) is 5.07. The first-order valence-electron chi connectivity index (χ1n) is 5.98. The molecule has 0 aromatic heterocycles. The van der Waals surface area contributed by atoms with E-state index in [2.05, 4.69) is 26.1 Å². The lowest BCUT2D eigenvalue weighted by Crippen LogP contribution is -2.31. The SMILES string of the molecule is COC(C)(C)CC(C)Nc1cccc(CO)c1. The lowest BCUT2D eigenvalue weighted by molar-refractivity contribution is 0.0128. The zero-order valence-electron chi connectivity index (χ0n) is 11.2. The largest absolute Gasteiger partial charge is 0.392 e. The van der Waals surface area contributed by atoms with E-state index in [1.54, 1.807) is 7.11 Å². The summed E-state index contributed by atoms with van der Waals surface area (Å²) in [7, 11) is 1.74. The van der Waals surface area contributed by atoms with Gasteiger partial charge in [0, 0.05) is 18.8 Å². The molecule has 0 radical (unpaired) electrons. The van der Waals surface area contributed by atoms with Gasteiger partial charge in [-0.3, -0.25) is 0 Å². The van der Waals surface area contributed by atoms with Gasteiger partial charge in [0.2, 0.25) is 0 Å². The van der Waals surface area contributed by atoms with Crippen molar-refractivity contribution in [2.75, 3.05) is 12.4 Å². The second-order valence-corrected chi connectivity index (χ2v) is 5.07. The molecule has 96 valence electrons. The van der Waals surface area contributed by atoms with Gasteiger partial charge < -0.3 is 15.2 Å². The van der Waals surface area contributed by atoms with Gasteiger partial charge in [-0.05, 0) is 44.9 Å². The van der Waals surface area contributed by atoms with E-state index in [0.29, 0.717) is 6.04 Å². The number of aliphatic hydroxyl groups excluding tert-OH is 1. The Morgan fingerprint density at radius 2 is 2.12 bits per heavy atom. The molecule has 2 N–H and O–H groups in total. The van der Waals surface area contributed by atoms with E-state index in [9.17, 15) is 0 Å². The highest BCUT2D eigenvalue weighted by Gasteiger charge is 2.19. The molecule has 0 amide bonds. The number of nitrogens with one attached hydrogen (secondary N) is 1. The Balaban J connectivity index is 2.58. The number of benzene rings is 1. The molecule has 1 rings (SSSR count). The van der Waals surface area contributed by atoms with Crippen molar-refractivity contribution in [1.82, 2.24) is 0 Å². The number of hydrogen-bond acceptors (Lipinski definition) is 3. The van der Waals surface area contributed by atoms with E-state index in [4.69, 9.17) is 9.84 Å². The Morgan fingerprint density at radius 3 is 2.71 bits per heavy atom. The van der Waals surface area contributed by atoms with E-state index in [0.717, 1.165) is 17.7 Å². The summed E-state index contributed by atoms with van der Waals surface area (Å²) < 4.78 is 5.41. The van der Waals surface area contributed by atoms with Crippen molar-refractivity contribution < 1.29 is 9.84 Å². The molecular weight excluding hydrogens is 214 g/mol. The van der Waals surface area contributed by atoms with Crippen molar-refractivity contribution >= 4 is 5.69 Å². The average Bonchev–Trinajstić information content (AvgIpc) is 2.28. The van der Waals surface area contributed by atoms with Crippen LogP contribution >= 0.6 is 0 Å². The van der Waals surface area contributed by atoms with Crippen LogP contribution in [0.4, 0.5) is 5.69 Å². The fourth-order valence-corrected chi connectivity index (χ4v) is 1.92. The highest BCUT2D eigenvalue weighted by atomic mass is 16.5. The lowest BCUT2D eigenvalue weighted by Gasteiger charge is -2.27. The Kier molecular flexibility index (Phi) is 4.97. The number of methoxy groups -OCH3 is 1. The number of ether oxygens (including phenoxy) is 1. The Labute approximate surface area is 104 Å². The van der Waals surface area contributed by atoms with E-state index in [1.807, 2.05) is 24.3 Å².